The van der Waals surface area contributed by atoms with Crippen LogP contribution in [0.15, 0.2) is 34.1 Å². The van der Waals surface area contributed by atoms with E-state index in [1.165, 1.54) is 0 Å². The second-order valence-electron chi connectivity index (χ2n) is 3.77. The molecule has 0 bridgehead atoms. The number of benzene rings is 1. The topological polar surface area (TPSA) is 71.4 Å². The SMILES string of the molecule is CCC(Sc1ccc(S(=O)(=O)C(F)(F)F)cc1)C(=O)O. The minimum atomic E-state index is -5.37. The van der Waals surface area contributed by atoms with Crippen molar-refractivity contribution in [2.45, 2.75) is 33.9 Å². The van der Waals surface area contributed by atoms with Gasteiger partial charge in [0, 0.05) is 4.90 Å². The predicted octanol–water partition coefficient (Wildman–Crippen LogP) is 2.94. The van der Waals surface area contributed by atoms with Crippen LogP contribution in [0.3, 0.4) is 0 Å². The van der Waals surface area contributed by atoms with Crippen molar-refractivity contribution < 1.29 is 31.5 Å². The molecule has 0 spiro atoms. The average Bonchev–Trinajstić information content (AvgIpc) is 2.34. The standard InChI is InChI=1S/C11H11F3O4S2/c1-2-9(10(15)16)19-7-3-5-8(6-4-7)20(17,18)11(12,13)14/h3-6,9H,2H2,1H3,(H,15,16). The van der Waals surface area contributed by atoms with Crippen molar-refractivity contribution in [1.29, 1.82) is 0 Å². The molecule has 0 saturated heterocycles. The van der Waals surface area contributed by atoms with Gasteiger partial charge in [0.05, 0.1) is 4.90 Å². The van der Waals surface area contributed by atoms with Crippen molar-refractivity contribution in [3.63, 3.8) is 0 Å². The van der Waals surface area contributed by atoms with E-state index in [0.717, 1.165) is 36.0 Å². The van der Waals surface area contributed by atoms with E-state index in [-0.39, 0.29) is 0 Å². The van der Waals surface area contributed by atoms with Gasteiger partial charge in [-0.25, -0.2) is 8.42 Å². The van der Waals surface area contributed by atoms with Crippen LogP contribution in [0.25, 0.3) is 0 Å². The van der Waals surface area contributed by atoms with Crippen LogP contribution in [-0.2, 0) is 14.6 Å². The van der Waals surface area contributed by atoms with Crippen molar-refractivity contribution in [2.24, 2.45) is 0 Å². The molecule has 1 rings (SSSR count). The van der Waals surface area contributed by atoms with Crippen LogP contribution in [0, 0.1) is 0 Å². The van der Waals surface area contributed by atoms with E-state index in [9.17, 15) is 26.4 Å². The van der Waals surface area contributed by atoms with Crippen LogP contribution in [-0.4, -0.2) is 30.3 Å². The Balaban J connectivity index is 2.98. The van der Waals surface area contributed by atoms with Gasteiger partial charge in [-0.3, -0.25) is 4.79 Å². The first-order valence-corrected chi connectivity index (χ1v) is 7.76. The number of aliphatic carboxylic acids is 1. The number of hydrogen-bond acceptors (Lipinski definition) is 4. The molecule has 4 nitrogen and oxygen atoms in total. The van der Waals surface area contributed by atoms with Crippen LogP contribution in [0.2, 0.25) is 0 Å². The third kappa shape index (κ3) is 3.66. The van der Waals surface area contributed by atoms with Gasteiger partial charge in [-0.2, -0.15) is 13.2 Å². The smallest absolute Gasteiger partial charge is 0.480 e. The van der Waals surface area contributed by atoms with E-state index in [1.54, 1.807) is 6.92 Å². The third-order valence-electron chi connectivity index (χ3n) is 2.36. The molecule has 9 heteroatoms. The lowest BCUT2D eigenvalue weighted by molar-refractivity contribution is -0.136. The maximum Gasteiger partial charge on any atom is 0.501 e. The molecule has 0 fully saturated rings. The van der Waals surface area contributed by atoms with Gasteiger partial charge in [-0.05, 0) is 30.7 Å². The van der Waals surface area contributed by atoms with Crippen LogP contribution >= 0.6 is 11.8 Å². The molecular weight excluding hydrogens is 317 g/mol. The van der Waals surface area contributed by atoms with Gasteiger partial charge in [0.15, 0.2) is 0 Å². The number of carbonyl (C=O) groups is 1. The van der Waals surface area contributed by atoms with E-state index in [0.29, 0.717) is 11.3 Å². The summed E-state index contributed by atoms with van der Waals surface area (Å²) < 4.78 is 59.2. The average molecular weight is 328 g/mol. The Bertz CT molecular complexity index is 579. The molecule has 0 saturated carbocycles. The minimum absolute atomic E-state index is 0.336. The van der Waals surface area contributed by atoms with Crippen LogP contribution in [0.5, 0.6) is 0 Å². The van der Waals surface area contributed by atoms with Crippen LogP contribution in [0.1, 0.15) is 13.3 Å². The Kier molecular flexibility index (Phi) is 5.09. The molecule has 20 heavy (non-hydrogen) atoms. The molecule has 0 amide bonds. The second kappa shape index (κ2) is 6.04. The Hall–Kier alpha value is -1.22. The molecule has 0 aliphatic carbocycles. The van der Waals surface area contributed by atoms with E-state index in [2.05, 4.69) is 0 Å². The van der Waals surface area contributed by atoms with Gasteiger partial charge in [-0.1, -0.05) is 6.92 Å². The summed E-state index contributed by atoms with van der Waals surface area (Å²) in [6.07, 6.45) is 0.336. The summed E-state index contributed by atoms with van der Waals surface area (Å²) in [5.74, 6) is -1.04. The van der Waals surface area contributed by atoms with Gasteiger partial charge >= 0.3 is 11.5 Å². The maximum absolute atomic E-state index is 12.3. The quantitative estimate of drug-likeness (QED) is 0.842. The number of rotatable bonds is 5. The van der Waals surface area contributed by atoms with E-state index in [1.807, 2.05) is 0 Å². The number of halogens is 3. The zero-order valence-electron chi connectivity index (χ0n) is 10.2. The van der Waals surface area contributed by atoms with Crippen molar-refractivity contribution in [3.05, 3.63) is 24.3 Å². The van der Waals surface area contributed by atoms with Gasteiger partial charge < -0.3 is 5.11 Å². The number of sulfone groups is 1. The molecule has 0 radical (unpaired) electrons. The maximum atomic E-state index is 12.3. The highest BCUT2D eigenvalue weighted by molar-refractivity contribution is 8.00. The van der Waals surface area contributed by atoms with Gasteiger partial charge in [0.25, 0.3) is 9.84 Å². The molecule has 112 valence electrons. The predicted molar refractivity (Wildman–Crippen MR) is 67.3 cm³/mol. The first-order chi connectivity index (χ1) is 9.09. The molecular formula is C11H11F3O4S2. The highest BCUT2D eigenvalue weighted by Crippen LogP contribution is 2.32. The lowest BCUT2D eigenvalue weighted by Crippen LogP contribution is -2.23. The molecule has 0 aliphatic heterocycles. The third-order valence-corrected chi connectivity index (χ3v) is 5.23. The summed E-state index contributed by atoms with van der Waals surface area (Å²) in [7, 11) is -5.37. The lowest BCUT2D eigenvalue weighted by Gasteiger charge is -2.11. The van der Waals surface area contributed by atoms with Crippen molar-refractivity contribution in [3.8, 4) is 0 Å². The van der Waals surface area contributed by atoms with E-state index >= 15 is 0 Å². The summed E-state index contributed by atoms with van der Waals surface area (Å²) in [5, 5.41) is 8.12. The Labute approximate surface area is 117 Å². The zero-order valence-corrected chi connectivity index (χ0v) is 11.8. The van der Waals surface area contributed by atoms with Crippen molar-refractivity contribution in [2.75, 3.05) is 0 Å². The Morgan fingerprint density at radius 2 is 1.80 bits per heavy atom. The fraction of sp³-hybridized carbons (Fsp3) is 0.364. The number of carboxylic acid groups (broad SMARTS) is 1. The van der Waals surface area contributed by atoms with Crippen molar-refractivity contribution >= 4 is 27.6 Å². The lowest BCUT2D eigenvalue weighted by atomic mass is 10.3. The largest absolute Gasteiger partial charge is 0.501 e. The van der Waals surface area contributed by atoms with E-state index < -0.39 is 31.5 Å². The summed E-state index contributed by atoms with van der Waals surface area (Å²) in [6.45, 7) is 1.66. The zero-order chi connectivity index (χ0) is 15.6. The monoisotopic (exact) mass is 328 g/mol. The molecule has 0 heterocycles. The second-order valence-corrected chi connectivity index (χ2v) is 6.99. The summed E-state index contributed by atoms with van der Waals surface area (Å²) in [4.78, 5) is 10.4. The molecule has 1 aromatic carbocycles. The molecule has 1 atom stereocenters. The Morgan fingerprint density at radius 1 is 1.30 bits per heavy atom. The Morgan fingerprint density at radius 3 is 2.15 bits per heavy atom. The summed E-state index contributed by atoms with van der Waals surface area (Å²) in [6, 6.07) is 3.96. The molecule has 0 aliphatic rings. The molecule has 1 unspecified atom stereocenters. The number of thioether (sulfide) groups is 1. The van der Waals surface area contributed by atoms with Gasteiger partial charge in [0.1, 0.15) is 5.25 Å². The fourth-order valence-corrected chi connectivity index (χ4v) is 2.95. The van der Waals surface area contributed by atoms with Crippen molar-refractivity contribution in [1.82, 2.24) is 0 Å². The highest BCUT2D eigenvalue weighted by Gasteiger charge is 2.46. The minimum Gasteiger partial charge on any atom is -0.480 e. The van der Waals surface area contributed by atoms with Crippen LogP contribution < -0.4 is 0 Å². The molecule has 0 aromatic heterocycles. The summed E-state index contributed by atoms with van der Waals surface area (Å²) in [5.41, 5.74) is -5.35. The number of carboxylic acids is 1. The molecule has 1 N–H and O–H groups in total. The highest BCUT2D eigenvalue weighted by atomic mass is 32.2. The van der Waals surface area contributed by atoms with Gasteiger partial charge in [0.2, 0.25) is 0 Å². The van der Waals surface area contributed by atoms with E-state index in [4.69, 9.17) is 5.11 Å². The summed E-state index contributed by atoms with van der Waals surface area (Å²) >= 11 is 0.948. The number of alkyl halides is 3. The first kappa shape index (κ1) is 16.8. The normalized spacial score (nSPS) is 14.0. The van der Waals surface area contributed by atoms with Gasteiger partial charge in [-0.15, -0.1) is 11.8 Å². The first-order valence-electron chi connectivity index (χ1n) is 5.40. The number of hydrogen-bond donors (Lipinski definition) is 1. The van der Waals surface area contributed by atoms with Crippen LogP contribution in [0.4, 0.5) is 13.2 Å². The fourth-order valence-electron chi connectivity index (χ4n) is 1.30. The molecule has 1 aromatic rings.